The van der Waals surface area contributed by atoms with Gasteiger partial charge >= 0.3 is 0 Å². The predicted molar refractivity (Wildman–Crippen MR) is 63.3 cm³/mol. The van der Waals surface area contributed by atoms with E-state index in [0.29, 0.717) is 0 Å². The van der Waals surface area contributed by atoms with Crippen LogP contribution in [-0.4, -0.2) is 16.8 Å². The van der Waals surface area contributed by atoms with E-state index in [9.17, 15) is 13.6 Å². The number of anilines is 1. The molecule has 5 N–H and O–H groups in total. The van der Waals surface area contributed by atoms with Gasteiger partial charge in [-0.25, -0.2) is 8.78 Å². The minimum absolute atomic E-state index is 0.00848. The predicted octanol–water partition coefficient (Wildman–Crippen LogP) is 0.825. The minimum Gasteiger partial charge on any atom is -0.377 e. The van der Waals surface area contributed by atoms with Crippen molar-refractivity contribution in [3.63, 3.8) is 0 Å². The van der Waals surface area contributed by atoms with Crippen LogP contribution in [0.3, 0.4) is 0 Å². The molecule has 8 heteroatoms. The standard InChI is InChI=1S/C9H10F2N4OS/c10-5-2-1-3-6(11)8(5)14-7(16)4-17-9(12)15-13/h1-3H,4,13H2,(H2,12,15)(H,14,16). The van der Waals surface area contributed by atoms with Gasteiger partial charge in [0.05, 0.1) is 5.75 Å². The van der Waals surface area contributed by atoms with Crippen LogP contribution < -0.4 is 16.9 Å². The smallest absolute Gasteiger partial charge is 0.235 e. The van der Waals surface area contributed by atoms with Crippen LogP contribution in [0.25, 0.3) is 0 Å². The Bertz CT molecular complexity index is 432. The second-order valence-corrected chi connectivity index (χ2v) is 3.90. The average molecular weight is 260 g/mol. The zero-order chi connectivity index (χ0) is 12.8. The Morgan fingerprint density at radius 1 is 1.41 bits per heavy atom. The molecule has 0 saturated heterocycles. The lowest BCUT2D eigenvalue weighted by atomic mass is 10.3. The first-order valence-electron chi connectivity index (χ1n) is 4.44. The van der Waals surface area contributed by atoms with Crippen LogP contribution in [0.15, 0.2) is 23.3 Å². The first-order valence-corrected chi connectivity index (χ1v) is 5.43. The molecule has 1 rings (SSSR count). The number of carbonyl (C=O) groups is 1. The number of nitrogens with two attached hydrogens (primary N) is 2. The second kappa shape index (κ2) is 6.04. The highest BCUT2D eigenvalue weighted by Gasteiger charge is 2.12. The summed E-state index contributed by atoms with van der Waals surface area (Å²) in [5.41, 5.74) is 4.75. The highest BCUT2D eigenvalue weighted by atomic mass is 32.2. The zero-order valence-electron chi connectivity index (χ0n) is 8.61. The fourth-order valence-corrected chi connectivity index (χ4v) is 1.40. The highest BCUT2D eigenvalue weighted by molar-refractivity contribution is 8.14. The van der Waals surface area contributed by atoms with E-state index < -0.39 is 23.2 Å². The molecular formula is C9H10F2N4OS. The van der Waals surface area contributed by atoms with E-state index in [1.54, 1.807) is 0 Å². The maximum Gasteiger partial charge on any atom is 0.235 e. The molecule has 1 aromatic rings. The summed E-state index contributed by atoms with van der Waals surface area (Å²) >= 11 is 0.861. The number of nitrogens with one attached hydrogen (secondary N) is 1. The molecule has 0 heterocycles. The molecule has 0 spiro atoms. The third-order valence-corrected chi connectivity index (χ3v) is 2.51. The molecule has 0 bridgehead atoms. The third kappa shape index (κ3) is 3.91. The minimum atomic E-state index is -0.844. The van der Waals surface area contributed by atoms with E-state index in [1.807, 2.05) is 0 Å². The molecule has 0 radical (unpaired) electrons. The summed E-state index contributed by atoms with van der Waals surface area (Å²) in [7, 11) is 0. The van der Waals surface area contributed by atoms with Crippen LogP contribution in [0, 0.1) is 11.6 Å². The van der Waals surface area contributed by atoms with Crippen LogP contribution >= 0.6 is 11.8 Å². The summed E-state index contributed by atoms with van der Waals surface area (Å²) in [5.74, 6) is 2.42. The van der Waals surface area contributed by atoms with E-state index >= 15 is 0 Å². The fraction of sp³-hybridized carbons (Fsp3) is 0.111. The molecule has 17 heavy (non-hydrogen) atoms. The number of para-hydroxylation sites is 1. The normalized spacial score (nSPS) is 11.3. The van der Waals surface area contributed by atoms with Crippen LogP contribution in [0.2, 0.25) is 0 Å². The van der Waals surface area contributed by atoms with Gasteiger partial charge in [0, 0.05) is 0 Å². The zero-order valence-corrected chi connectivity index (χ0v) is 9.43. The van der Waals surface area contributed by atoms with E-state index in [2.05, 4.69) is 10.4 Å². The third-order valence-electron chi connectivity index (χ3n) is 1.71. The molecule has 0 aliphatic heterocycles. The molecule has 92 valence electrons. The number of nitrogens with zero attached hydrogens (tertiary/aromatic N) is 1. The van der Waals surface area contributed by atoms with Crippen LogP contribution in [0.5, 0.6) is 0 Å². The molecule has 0 unspecified atom stereocenters. The van der Waals surface area contributed by atoms with Crippen molar-refractivity contribution in [3.8, 4) is 0 Å². The molecule has 0 atom stereocenters. The molecular weight excluding hydrogens is 250 g/mol. The lowest BCUT2D eigenvalue weighted by Crippen LogP contribution is -2.19. The Hall–Kier alpha value is -1.83. The summed E-state index contributed by atoms with van der Waals surface area (Å²) in [5, 5.41) is 5.24. The SMILES string of the molecule is NN=C(N)SCC(=O)Nc1c(F)cccc1F. The number of hydrogen-bond donors (Lipinski definition) is 3. The number of halogens is 2. The molecule has 5 nitrogen and oxygen atoms in total. The van der Waals surface area contributed by atoms with Gasteiger partial charge in [0.1, 0.15) is 17.3 Å². The first kappa shape index (κ1) is 13.2. The van der Waals surface area contributed by atoms with Crippen molar-refractivity contribution in [2.45, 2.75) is 0 Å². The topological polar surface area (TPSA) is 93.5 Å². The van der Waals surface area contributed by atoms with Crippen LogP contribution in [-0.2, 0) is 4.79 Å². The van der Waals surface area contributed by atoms with Gasteiger partial charge in [-0.1, -0.05) is 17.8 Å². The quantitative estimate of drug-likeness (QED) is 0.325. The van der Waals surface area contributed by atoms with Gasteiger partial charge in [-0.2, -0.15) is 5.10 Å². The number of thioether (sulfide) groups is 1. The highest BCUT2D eigenvalue weighted by Crippen LogP contribution is 2.18. The monoisotopic (exact) mass is 260 g/mol. The van der Waals surface area contributed by atoms with Gasteiger partial charge in [0.15, 0.2) is 5.17 Å². The molecule has 0 saturated carbocycles. The van der Waals surface area contributed by atoms with Gasteiger partial charge in [-0.05, 0) is 12.1 Å². The Kier molecular flexibility index (Phi) is 4.70. The van der Waals surface area contributed by atoms with Crippen molar-refractivity contribution in [3.05, 3.63) is 29.8 Å². The van der Waals surface area contributed by atoms with Crippen LogP contribution in [0.4, 0.5) is 14.5 Å². The molecule has 0 fully saturated rings. The lowest BCUT2D eigenvalue weighted by Gasteiger charge is -2.06. The van der Waals surface area contributed by atoms with Gasteiger partial charge in [0.25, 0.3) is 0 Å². The molecule has 0 aromatic heterocycles. The van der Waals surface area contributed by atoms with E-state index in [4.69, 9.17) is 11.6 Å². The Balaban J connectivity index is 2.62. The summed E-state index contributed by atoms with van der Waals surface area (Å²) in [6.07, 6.45) is 0. The number of hydrogen-bond acceptors (Lipinski definition) is 4. The fourth-order valence-electron chi connectivity index (χ4n) is 0.969. The number of hydrazone groups is 1. The largest absolute Gasteiger partial charge is 0.377 e. The number of amides is 1. The van der Waals surface area contributed by atoms with Crippen molar-refractivity contribution < 1.29 is 13.6 Å². The first-order chi connectivity index (χ1) is 8.04. The van der Waals surface area contributed by atoms with Gasteiger partial charge < -0.3 is 16.9 Å². The van der Waals surface area contributed by atoms with Crippen molar-refractivity contribution in [2.75, 3.05) is 11.1 Å². The van der Waals surface area contributed by atoms with Gasteiger partial charge in [0.2, 0.25) is 5.91 Å². The molecule has 0 aliphatic carbocycles. The molecule has 1 amide bonds. The summed E-state index contributed by atoms with van der Waals surface area (Å²) in [6.45, 7) is 0. The van der Waals surface area contributed by atoms with Crippen molar-refractivity contribution in [2.24, 2.45) is 16.7 Å². The van der Waals surface area contributed by atoms with Gasteiger partial charge in [-0.3, -0.25) is 4.79 Å². The summed E-state index contributed by atoms with van der Waals surface area (Å²) in [4.78, 5) is 11.3. The maximum atomic E-state index is 13.1. The molecule has 1 aromatic carbocycles. The van der Waals surface area contributed by atoms with Crippen molar-refractivity contribution in [1.29, 1.82) is 0 Å². The number of carbonyl (C=O) groups excluding carboxylic acids is 1. The van der Waals surface area contributed by atoms with Crippen molar-refractivity contribution in [1.82, 2.24) is 0 Å². The Morgan fingerprint density at radius 3 is 2.53 bits per heavy atom. The summed E-state index contributed by atoms with van der Waals surface area (Å²) in [6, 6.07) is 3.29. The number of amidine groups is 1. The van der Waals surface area contributed by atoms with Crippen LogP contribution in [0.1, 0.15) is 0 Å². The molecule has 0 aliphatic rings. The number of benzene rings is 1. The van der Waals surface area contributed by atoms with E-state index in [-0.39, 0.29) is 10.9 Å². The number of rotatable bonds is 3. The van der Waals surface area contributed by atoms with E-state index in [1.165, 1.54) is 6.07 Å². The second-order valence-electron chi connectivity index (χ2n) is 2.90. The van der Waals surface area contributed by atoms with Crippen molar-refractivity contribution >= 4 is 28.5 Å². The Morgan fingerprint density at radius 2 is 2.00 bits per heavy atom. The van der Waals surface area contributed by atoms with E-state index in [0.717, 1.165) is 23.9 Å². The average Bonchev–Trinajstić information content (AvgIpc) is 2.31. The maximum absolute atomic E-state index is 13.1. The van der Waals surface area contributed by atoms with Gasteiger partial charge in [-0.15, -0.1) is 0 Å². The summed E-state index contributed by atoms with van der Waals surface area (Å²) < 4.78 is 26.3. The lowest BCUT2D eigenvalue weighted by molar-refractivity contribution is -0.113. The Labute approximate surface area is 100 Å².